The van der Waals surface area contributed by atoms with Crippen molar-refractivity contribution in [2.24, 2.45) is 0 Å². The number of benzene rings is 2. The van der Waals surface area contributed by atoms with Gasteiger partial charge < -0.3 is 14.8 Å². The molecule has 2 N–H and O–H groups in total. The minimum Gasteiger partial charge on any atom is -0.436 e. The first-order chi connectivity index (χ1) is 10.8. The second-order valence-corrected chi connectivity index (χ2v) is 5.70. The van der Waals surface area contributed by atoms with Crippen LogP contribution in [0.5, 0.6) is 0 Å². The summed E-state index contributed by atoms with van der Waals surface area (Å²) in [5, 5.41) is 12.2. The first-order valence-corrected chi connectivity index (χ1v) is 7.04. The lowest BCUT2D eigenvalue weighted by Gasteiger charge is -2.16. The quantitative estimate of drug-likeness (QED) is 0.777. The number of oxazole rings is 1. The number of fused-ring (bicyclic) bond motifs is 1. The van der Waals surface area contributed by atoms with Crippen molar-refractivity contribution in [1.29, 1.82) is 0 Å². The van der Waals surface area contributed by atoms with Gasteiger partial charge in [0.1, 0.15) is 11.1 Å². The largest absolute Gasteiger partial charge is 0.436 e. The lowest BCUT2D eigenvalue weighted by atomic mass is 10.1. The Morgan fingerprint density at radius 2 is 1.91 bits per heavy atom. The van der Waals surface area contributed by atoms with Crippen molar-refractivity contribution in [2.45, 2.75) is 19.4 Å². The average Bonchev–Trinajstić information content (AvgIpc) is 2.92. The molecule has 0 spiro atoms. The number of amides is 1. The average molecular weight is 314 g/mol. The smallest absolute Gasteiger partial charge is 0.255 e. The van der Waals surface area contributed by atoms with Crippen LogP contribution in [0.3, 0.4) is 0 Å². The van der Waals surface area contributed by atoms with Crippen LogP contribution in [-0.4, -0.2) is 21.6 Å². The third kappa shape index (κ3) is 3.07. The number of halogens is 1. The third-order valence-corrected chi connectivity index (χ3v) is 3.32. The Hall–Kier alpha value is -2.73. The van der Waals surface area contributed by atoms with Gasteiger partial charge in [-0.05, 0) is 50.2 Å². The Morgan fingerprint density at radius 3 is 2.52 bits per heavy atom. The fraction of sp³-hybridized carbons (Fsp3) is 0.176. The standard InChI is InChI=1S/C17H15FN2O3/c1-17(2,22)16(21)19-11-8-6-10(7-9-11)15-20-14-12(18)4-3-5-13(14)23-15/h3-9,22H,1-2H3,(H,19,21). The van der Waals surface area contributed by atoms with Crippen LogP contribution >= 0.6 is 0 Å². The highest BCUT2D eigenvalue weighted by molar-refractivity contribution is 5.96. The van der Waals surface area contributed by atoms with Crippen LogP contribution in [0.15, 0.2) is 46.9 Å². The number of hydrogen-bond acceptors (Lipinski definition) is 4. The van der Waals surface area contributed by atoms with Crippen LogP contribution in [0.4, 0.5) is 10.1 Å². The van der Waals surface area contributed by atoms with E-state index in [-0.39, 0.29) is 5.52 Å². The van der Waals surface area contributed by atoms with Crippen LogP contribution < -0.4 is 5.32 Å². The Labute approximate surface area is 131 Å². The molecular weight excluding hydrogens is 299 g/mol. The molecular formula is C17H15FN2O3. The van der Waals surface area contributed by atoms with Gasteiger partial charge in [-0.1, -0.05) is 6.07 Å². The Morgan fingerprint density at radius 1 is 1.22 bits per heavy atom. The zero-order chi connectivity index (χ0) is 16.6. The van der Waals surface area contributed by atoms with Crippen LogP contribution in [0, 0.1) is 5.82 Å². The second kappa shape index (κ2) is 5.48. The molecule has 6 heteroatoms. The maximum atomic E-state index is 13.6. The van der Waals surface area contributed by atoms with Crippen LogP contribution in [-0.2, 0) is 4.79 Å². The van der Waals surface area contributed by atoms with E-state index in [1.807, 2.05) is 0 Å². The van der Waals surface area contributed by atoms with E-state index in [1.54, 1.807) is 36.4 Å². The molecule has 0 aliphatic heterocycles. The highest BCUT2D eigenvalue weighted by Gasteiger charge is 2.23. The molecule has 23 heavy (non-hydrogen) atoms. The van der Waals surface area contributed by atoms with Crippen molar-refractivity contribution in [3.63, 3.8) is 0 Å². The molecule has 0 saturated carbocycles. The first kappa shape index (κ1) is 15.2. The number of nitrogens with one attached hydrogen (secondary N) is 1. The SMILES string of the molecule is CC(C)(O)C(=O)Nc1ccc(-c2nc3c(F)cccc3o2)cc1. The Bertz CT molecular complexity index is 864. The van der Waals surface area contributed by atoms with E-state index in [0.29, 0.717) is 22.7 Å². The van der Waals surface area contributed by atoms with E-state index in [9.17, 15) is 14.3 Å². The van der Waals surface area contributed by atoms with Crippen molar-refractivity contribution in [3.8, 4) is 11.5 Å². The number of carbonyl (C=O) groups excluding carboxylic acids is 1. The minimum atomic E-state index is -1.46. The maximum Gasteiger partial charge on any atom is 0.255 e. The van der Waals surface area contributed by atoms with E-state index >= 15 is 0 Å². The molecule has 2 aromatic carbocycles. The molecule has 0 aliphatic rings. The van der Waals surface area contributed by atoms with Gasteiger partial charge in [-0.2, -0.15) is 0 Å². The summed E-state index contributed by atoms with van der Waals surface area (Å²) in [7, 11) is 0. The molecule has 1 amide bonds. The van der Waals surface area contributed by atoms with E-state index in [1.165, 1.54) is 19.9 Å². The lowest BCUT2D eigenvalue weighted by molar-refractivity contribution is -0.130. The van der Waals surface area contributed by atoms with Crippen molar-refractivity contribution in [2.75, 3.05) is 5.32 Å². The molecule has 0 bridgehead atoms. The van der Waals surface area contributed by atoms with Gasteiger partial charge in [0.15, 0.2) is 11.4 Å². The number of rotatable bonds is 3. The molecule has 3 aromatic rings. The summed E-state index contributed by atoms with van der Waals surface area (Å²) in [6.45, 7) is 2.81. The van der Waals surface area contributed by atoms with Crippen molar-refractivity contribution in [3.05, 3.63) is 48.3 Å². The second-order valence-electron chi connectivity index (χ2n) is 5.70. The molecule has 0 atom stereocenters. The molecule has 1 aromatic heterocycles. The summed E-state index contributed by atoms with van der Waals surface area (Å²) in [5.41, 5.74) is 0.280. The molecule has 0 fully saturated rings. The number of para-hydroxylation sites is 1. The zero-order valence-electron chi connectivity index (χ0n) is 12.6. The van der Waals surface area contributed by atoms with Crippen LogP contribution in [0.1, 0.15) is 13.8 Å². The normalized spacial score (nSPS) is 11.7. The molecule has 0 saturated heterocycles. The summed E-state index contributed by atoms with van der Waals surface area (Å²) in [6, 6.07) is 11.2. The van der Waals surface area contributed by atoms with Gasteiger partial charge in [-0.25, -0.2) is 9.37 Å². The highest BCUT2D eigenvalue weighted by atomic mass is 19.1. The number of nitrogens with zero attached hydrogens (tertiary/aromatic N) is 1. The minimum absolute atomic E-state index is 0.182. The van der Waals surface area contributed by atoms with Gasteiger partial charge in [0, 0.05) is 11.3 Å². The van der Waals surface area contributed by atoms with E-state index in [2.05, 4.69) is 10.3 Å². The monoisotopic (exact) mass is 314 g/mol. The van der Waals surface area contributed by atoms with Gasteiger partial charge in [0.05, 0.1) is 0 Å². The number of aliphatic hydroxyl groups is 1. The predicted molar refractivity (Wildman–Crippen MR) is 84.3 cm³/mol. The summed E-state index contributed by atoms with van der Waals surface area (Å²) in [6.07, 6.45) is 0. The Kier molecular flexibility index (Phi) is 3.61. The molecule has 0 aliphatic carbocycles. The topological polar surface area (TPSA) is 75.4 Å². The molecule has 0 unspecified atom stereocenters. The van der Waals surface area contributed by atoms with E-state index in [4.69, 9.17) is 4.42 Å². The summed E-state index contributed by atoms with van der Waals surface area (Å²) >= 11 is 0. The summed E-state index contributed by atoms with van der Waals surface area (Å²) in [5.74, 6) is -0.647. The third-order valence-electron chi connectivity index (χ3n) is 3.32. The van der Waals surface area contributed by atoms with Crippen molar-refractivity contribution < 1.29 is 18.7 Å². The highest BCUT2D eigenvalue weighted by Crippen LogP contribution is 2.26. The van der Waals surface area contributed by atoms with Crippen molar-refractivity contribution >= 4 is 22.7 Å². The van der Waals surface area contributed by atoms with E-state index < -0.39 is 17.3 Å². The molecule has 118 valence electrons. The number of carbonyl (C=O) groups is 1. The fourth-order valence-electron chi connectivity index (χ4n) is 2.02. The van der Waals surface area contributed by atoms with Gasteiger partial charge in [0.25, 0.3) is 5.91 Å². The molecule has 1 heterocycles. The summed E-state index contributed by atoms with van der Waals surface area (Å²) in [4.78, 5) is 15.9. The predicted octanol–water partition coefficient (Wildman–Crippen LogP) is 3.34. The fourth-order valence-corrected chi connectivity index (χ4v) is 2.02. The van der Waals surface area contributed by atoms with E-state index in [0.717, 1.165) is 0 Å². The van der Waals surface area contributed by atoms with Crippen molar-refractivity contribution in [1.82, 2.24) is 4.98 Å². The Balaban J connectivity index is 1.86. The lowest BCUT2D eigenvalue weighted by Crippen LogP contribution is -2.36. The molecule has 3 rings (SSSR count). The molecule has 0 radical (unpaired) electrons. The van der Waals surface area contributed by atoms with Crippen LogP contribution in [0.2, 0.25) is 0 Å². The van der Waals surface area contributed by atoms with Gasteiger partial charge >= 0.3 is 0 Å². The maximum absolute atomic E-state index is 13.6. The van der Waals surface area contributed by atoms with Gasteiger partial charge in [-0.3, -0.25) is 4.79 Å². The van der Waals surface area contributed by atoms with Gasteiger partial charge in [0.2, 0.25) is 5.89 Å². The van der Waals surface area contributed by atoms with Gasteiger partial charge in [-0.15, -0.1) is 0 Å². The van der Waals surface area contributed by atoms with Crippen LogP contribution in [0.25, 0.3) is 22.6 Å². The molecule has 5 nitrogen and oxygen atoms in total. The first-order valence-electron chi connectivity index (χ1n) is 7.04. The zero-order valence-corrected chi connectivity index (χ0v) is 12.6. The summed E-state index contributed by atoms with van der Waals surface area (Å²) < 4.78 is 19.2. The number of aromatic nitrogens is 1. The number of anilines is 1. The number of hydrogen-bond donors (Lipinski definition) is 2.